The Kier molecular flexibility index (Phi) is 9.84. The van der Waals surface area contributed by atoms with Crippen molar-refractivity contribution in [1.29, 1.82) is 5.26 Å². The van der Waals surface area contributed by atoms with Gasteiger partial charge in [0.15, 0.2) is 0 Å². The molecule has 0 spiro atoms. The van der Waals surface area contributed by atoms with Gasteiger partial charge in [-0.25, -0.2) is 31.6 Å². The molecule has 0 amide bonds. The molecule has 14 heteroatoms. The molecule has 0 saturated carbocycles. The number of aromatic nitrogens is 3. The Bertz CT molecular complexity index is 1860. The van der Waals surface area contributed by atoms with Crippen LogP contribution in [0.5, 0.6) is 0 Å². The first-order chi connectivity index (χ1) is 22.9. The number of piperidine rings is 1. The summed E-state index contributed by atoms with van der Waals surface area (Å²) in [5.74, 6) is -4.78. The maximum atomic E-state index is 16.0. The van der Waals surface area contributed by atoms with Crippen LogP contribution < -0.4 is 10.9 Å². The summed E-state index contributed by atoms with van der Waals surface area (Å²) in [5, 5.41) is 13.9. The molecule has 2 fully saturated rings. The summed E-state index contributed by atoms with van der Waals surface area (Å²) in [6.07, 6.45) is 3.26. The number of hydrogen-bond donors (Lipinski definition) is 1. The molecule has 8 bridgehead atoms. The van der Waals surface area contributed by atoms with Gasteiger partial charge < -0.3 is 15.0 Å². The number of pyridine rings is 1. The van der Waals surface area contributed by atoms with E-state index in [9.17, 15) is 18.5 Å². The lowest BCUT2D eigenvalue weighted by molar-refractivity contribution is -0.0403. The third-order valence-corrected chi connectivity index (χ3v) is 11.9. The van der Waals surface area contributed by atoms with Gasteiger partial charge in [-0.15, -0.1) is 0 Å². The number of sulfone groups is 1. The van der Waals surface area contributed by atoms with E-state index < -0.39 is 50.6 Å². The van der Waals surface area contributed by atoms with Crippen LogP contribution >= 0.6 is 0 Å². The minimum Gasteiger partial charge on any atom is -0.381 e. The molecule has 2 saturated heterocycles. The summed E-state index contributed by atoms with van der Waals surface area (Å²) in [4.78, 5) is 25.1. The van der Waals surface area contributed by atoms with Gasteiger partial charge in [-0.3, -0.25) is 9.36 Å². The van der Waals surface area contributed by atoms with Crippen LogP contribution in [0.4, 0.5) is 19.0 Å². The van der Waals surface area contributed by atoms with E-state index in [1.54, 1.807) is 6.92 Å². The lowest BCUT2D eigenvalue weighted by Crippen LogP contribution is -2.41. The van der Waals surface area contributed by atoms with Gasteiger partial charge in [0.2, 0.25) is 0 Å². The summed E-state index contributed by atoms with van der Waals surface area (Å²) >= 11 is 0. The Morgan fingerprint density at radius 2 is 1.75 bits per heavy atom. The quantitative estimate of drug-likeness (QED) is 0.373. The zero-order valence-electron chi connectivity index (χ0n) is 27.1. The first-order valence-electron chi connectivity index (χ1n) is 16.7. The number of rotatable bonds is 1. The zero-order chi connectivity index (χ0) is 34.1. The summed E-state index contributed by atoms with van der Waals surface area (Å²) in [6.45, 7) is 4.92. The molecule has 1 aromatic carbocycles. The van der Waals surface area contributed by atoms with Crippen LogP contribution in [0.15, 0.2) is 35.4 Å². The van der Waals surface area contributed by atoms with Gasteiger partial charge >= 0.3 is 0 Å². The predicted octanol–water partition coefficient (Wildman–Crippen LogP) is 5.08. The molecule has 0 radical (unpaired) electrons. The largest absolute Gasteiger partial charge is 0.381 e. The molecule has 2 aromatic heterocycles. The van der Waals surface area contributed by atoms with E-state index in [0.29, 0.717) is 51.0 Å². The van der Waals surface area contributed by atoms with E-state index in [2.05, 4.69) is 26.3 Å². The smallest absolute Gasteiger partial charge is 0.276 e. The SMILES string of the molecule is C[C@H]1Nc2ncnc3c2cc(C2(C#N)CCS(=O)(=O)CC2)c(=O)n3CCCOCCCN2CCC(CC2)CC(F)(F)c2cccc1c2F. The Labute approximate surface area is 278 Å². The second-order valence-corrected chi connectivity index (χ2v) is 15.7. The number of halogens is 3. The molecular weight excluding hydrogens is 645 g/mol. The molecule has 48 heavy (non-hydrogen) atoms. The standard InChI is InChI=1S/C34H41F3N6O4S/c1-23-25-5-2-6-27(29(25)35)34(36,37)20-24-7-13-42(14-8-24)11-3-15-47-16-4-12-43-31-26(30(41-23)39-22-40-31)19-28(32(43)44)33(21-38)9-17-48(45,46)18-10-33/h2,5-6,19,22-24H,3-4,7-18,20H2,1H3,(H,39,40,41)/t23-/m1/s1. The van der Waals surface area contributed by atoms with Gasteiger partial charge in [0.25, 0.3) is 11.5 Å². The van der Waals surface area contributed by atoms with E-state index in [1.807, 2.05) is 0 Å². The third-order valence-electron chi connectivity index (χ3n) is 10.2. The van der Waals surface area contributed by atoms with E-state index in [4.69, 9.17) is 4.74 Å². The van der Waals surface area contributed by atoms with Gasteiger partial charge in [0.1, 0.15) is 33.4 Å². The maximum absolute atomic E-state index is 16.0. The van der Waals surface area contributed by atoms with Crippen molar-refractivity contribution in [1.82, 2.24) is 19.4 Å². The summed E-state index contributed by atoms with van der Waals surface area (Å²) in [7, 11) is -3.35. The number of anilines is 1. The van der Waals surface area contributed by atoms with Gasteiger partial charge in [-0.2, -0.15) is 5.26 Å². The van der Waals surface area contributed by atoms with Crippen molar-refractivity contribution in [2.45, 2.75) is 75.8 Å². The van der Waals surface area contributed by atoms with E-state index >= 15 is 13.2 Å². The highest BCUT2D eigenvalue weighted by Gasteiger charge is 2.42. The second kappa shape index (κ2) is 13.8. The molecule has 0 unspecified atom stereocenters. The number of alkyl halides is 2. The molecule has 7 rings (SSSR count). The fourth-order valence-corrected chi connectivity index (χ4v) is 8.85. The van der Waals surface area contributed by atoms with Crippen molar-refractivity contribution in [2.75, 3.05) is 49.7 Å². The van der Waals surface area contributed by atoms with Gasteiger partial charge in [0.05, 0.1) is 40.0 Å². The number of nitrogens with one attached hydrogen (secondary N) is 1. The van der Waals surface area contributed by atoms with Crippen LogP contribution in [0.1, 0.15) is 74.6 Å². The van der Waals surface area contributed by atoms with Crippen LogP contribution in [-0.2, 0) is 32.5 Å². The Morgan fingerprint density at radius 3 is 2.46 bits per heavy atom. The number of fused-ring (bicyclic) bond motifs is 10. The van der Waals surface area contributed by atoms with Crippen molar-refractivity contribution in [3.8, 4) is 6.07 Å². The van der Waals surface area contributed by atoms with Crippen LogP contribution in [0.3, 0.4) is 0 Å². The highest BCUT2D eigenvalue weighted by atomic mass is 32.2. The molecule has 10 nitrogen and oxygen atoms in total. The maximum Gasteiger partial charge on any atom is 0.276 e. The zero-order valence-corrected chi connectivity index (χ0v) is 27.9. The molecule has 4 aliphatic rings. The summed E-state index contributed by atoms with van der Waals surface area (Å²) < 4.78 is 79.3. The lowest BCUT2D eigenvalue weighted by Gasteiger charge is -2.34. The number of aryl methyl sites for hydroxylation is 1. The van der Waals surface area contributed by atoms with Crippen LogP contribution in [-0.4, -0.2) is 72.2 Å². The van der Waals surface area contributed by atoms with E-state index in [-0.39, 0.29) is 59.4 Å². The van der Waals surface area contributed by atoms with E-state index in [0.717, 1.165) is 19.0 Å². The average Bonchev–Trinajstić information content (AvgIpc) is 3.06. The average molecular weight is 687 g/mol. The number of benzene rings is 1. The Hall–Kier alpha value is -3.54. The first kappa shape index (κ1) is 34.3. The predicted molar refractivity (Wildman–Crippen MR) is 175 cm³/mol. The molecule has 0 aliphatic carbocycles. The summed E-state index contributed by atoms with van der Waals surface area (Å²) in [6, 6.07) is 7.01. The van der Waals surface area contributed by atoms with Crippen molar-refractivity contribution in [3.05, 3.63) is 63.5 Å². The topological polar surface area (TPSA) is 130 Å². The van der Waals surface area contributed by atoms with Gasteiger partial charge in [-0.1, -0.05) is 18.2 Å². The Morgan fingerprint density at radius 1 is 1.04 bits per heavy atom. The summed E-state index contributed by atoms with van der Waals surface area (Å²) in [5.41, 5.74) is -1.98. The first-order valence-corrected chi connectivity index (χ1v) is 18.5. The molecule has 4 aliphatic heterocycles. The van der Waals surface area contributed by atoms with Crippen LogP contribution in [0.2, 0.25) is 0 Å². The van der Waals surface area contributed by atoms with Crippen LogP contribution in [0, 0.1) is 23.1 Å². The van der Waals surface area contributed by atoms with E-state index in [1.165, 1.54) is 29.1 Å². The lowest BCUT2D eigenvalue weighted by atomic mass is 9.77. The molecular formula is C34H41F3N6O4S. The van der Waals surface area contributed by atoms with Crippen molar-refractivity contribution in [3.63, 3.8) is 0 Å². The molecule has 6 heterocycles. The monoisotopic (exact) mass is 686 g/mol. The van der Waals surface area contributed by atoms with Crippen molar-refractivity contribution >= 4 is 26.7 Å². The second-order valence-electron chi connectivity index (χ2n) is 13.4. The van der Waals surface area contributed by atoms with Gasteiger partial charge in [-0.05, 0) is 70.5 Å². The highest BCUT2D eigenvalue weighted by molar-refractivity contribution is 7.91. The number of nitriles is 1. The van der Waals surface area contributed by atoms with Crippen molar-refractivity contribution in [2.24, 2.45) is 5.92 Å². The molecule has 1 N–H and O–H groups in total. The Balaban J connectivity index is 1.43. The number of hydrogen-bond acceptors (Lipinski definition) is 9. The minimum atomic E-state index is -3.36. The molecule has 1 atom stereocenters. The molecule has 258 valence electrons. The number of ether oxygens (including phenoxy) is 1. The number of nitrogens with zero attached hydrogens (tertiary/aromatic N) is 5. The third kappa shape index (κ3) is 6.95. The fourth-order valence-electron chi connectivity index (χ4n) is 7.33. The van der Waals surface area contributed by atoms with Crippen molar-refractivity contribution < 1.29 is 26.3 Å². The molecule has 3 aromatic rings. The highest BCUT2D eigenvalue weighted by Crippen LogP contribution is 2.41. The van der Waals surface area contributed by atoms with Gasteiger partial charge in [0, 0.05) is 43.9 Å². The van der Waals surface area contributed by atoms with Crippen LogP contribution in [0.25, 0.3) is 11.0 Å². The minimum absolute atomic E-state index is 0.0348. The normalized spacial score (nSPS) is 26.1. The fraction of sp³-hybridized carbons (Fsp3) is 0.588.